The van der Waals surface area contributed by atoms with Gasteiger partial charge in [-0.05, 0) is 0 Å². The van der Waals surface area contributed by atoms with E-state index in [0.717, 1.165) is 0 Å². The molecule has 0 aromatic carbocycles. The summed E-state index contributed by atoms with van der Waals surface area (Å²) in [4.78, 5) is 31.5. The van der Waals surface area contributed by atoms with Crippen LogP contribution < -0.4 is 61.0 Å². The average molecular weight is 821 g/mol. The molecule has 0 aliphatic carbocycles. The number of hydrogen-bond acceptors (Lipinski definition) is 24. The predicted octanol–water partition coefficient (Wildman–Crippen LogP) is -8.69. The lowest BCUT2D eigenvalue weighted by atomic mass is 10.3. The highest BCUT2D eigenvalue weighted by molar-refractivity contribution is 5.40. The van der Waals surface area contributed by atoms with Gasteiger partial charge in [-0.1, -0.05) is 0 Å². The smallest absolute Gasteiger partial charge is 0.232 e. The van der Waals surface area contributed by atoms with E-state index >= 15 is 0 Å². The number of anilines is 2. The molecular formula is C33H80N20O4. The number of aromatic nitrogens is 3. The van der Waals surface area contributed by atoms with E-state index in [9.17, 15) is 20.4 Å². The van der Waals surface area contributed by atoms with Crippen molar-refractivity contribution in [2.24, 2.45) is 45.9 Å². The first-order chi connectivity index (χ1) is 27.7. The molecule has 0 bridgehead atoms. The van der Waals surface area contributed by atoms with Crippen LogP contribution in [0.25, 0.3) is 0 Å². The van der Waals surface area contributed by atoms with Gasteiger partial charge in [0.25, 0.3) is 0 Å². The van der Waals surface area contributed by atoms with Crippen molar-refractivity contribution in [3.63, 3.8) is 0 Å². The molecule has 1 aromatic rings. The van der Waals surface area contributed by atoms with E-state index in [-0.39, 0.29) is 71.9 Å². The van der Waals surface area contributed by atoms with Crippen LogP contribution in [0.5, 0.6) is 0 Å². The third-order valence-electron chi connectivity index (χ3n) is 8.97. The number of aliphatic hydroxyl groups is 4. The molecule has 0 radical (unpaired) electrons. The van der Waals surface area contributed by atoms with Gasteiger partial charge in [-0.15, -0.1) is 0 Å². The Bertz CT molecular complexity index is 962. The van der Waals surface area contributed by atoms with Gasteiger partial charge in [0.15, 0.2) is 5.82 Å². The van der Waals surface area contributed by atoms with Crippen molar-refractivity contribution >= 4 is 11.9 Å². The van der Waals surface area contributed by atoms with Gasteiger partial charge in [-0.2, -0.15) is 15.0 Å². The molecule has 0 aliphatic heterocycles. The van der Waals surface area contributed by atoms with Gasteiger partial charge in [0, 0.05) is 138 Å². The molecule has 1 unspecified atom stereocenters. The number of rotatable bonds is 39. The van der Waals surface area contributed by atoms with Crippen molar-refractivity contribution in [3.8, 4) is 0 Å². The molecule has 24 heteroatoms. The van der Waals surface area contributed by atoms with Crippen LogP contribution in [0.4, 0.5) is 11.9 Å². The van der Waals surface area contributed by atoms with Crippen molar-refractivity contribution in [1.29, 1.82) is 0 Å². The molecule has 21 N–H and O–H groups in total. The second-order valence-corrected chi connectivity index (χ2v) is 13.5. The molecule has 336 valence electrons. The molecule has 0 saturated heterocycles. The Labute approximate surface area is 340 Å². The summed E-state index contributed by atoms with van der Waals surface area (Å²) in [5.41, 5.74) is 48.5. The maximum absolute atomic E-state index is 9.95. The molecule has 1 atom stereocenters. The minimum atomic E-state index is -0.607. The quantitative estimate of drug-likeness (QED) is 0.0274. The van der Waals surface area contributed by atoms with Gasteiger partial charge in [0.05, 0.1) is 53.1 Å². The topological polar surface area (TPSA) is 366 Å². The summed E-state index contributed by atoms with van der Waals surface area (Å²) in [7, 11) is 0. The Morgan fingerprint density at radius 2 is 0.702 bits per heavy atom. The first kappa shape index (κ1) is 52.9. The van der Waals surface area contributed by atoms with Crippen molar-refractivity contribution in [3.05, 3.63) is 5.82 Å². The number of nitrogens with two attached hydrogens (primary N) is 8. The van der Waals surface area contributed by atoms with E-state index < -0.39 is 6.17 Å². The minimum Gasteiger partial charge on any atom is -0.395 e. The Balaban J connectivity index is 4.29. The van der Waals surface area contributed by atoms with E-state index in [1.54, 1.807) is 0 Å². The Morgan fingerprint density at radius 3 is 1.00 bits per heavy atom. The molecule has 0 saturated carbocycles. The first-order valence-electron chi connectivity index (χ1n) is 20.1. The summed E-state index contributed by atoms with van der Waals surface area (Å²) in [6, 6.07) is 0. The molecular weight excluding hydrogens is 740 g/mol. The monoisotopic (exact) mass is 821 g/mol. The third kappa shape index (κ3) is 21.1. The number of nitrogens with zero attached hydrogens (tertiary/aromatic N) is 11. The second-order valence-electron chi connectivity index (χ2n) is 13.5. The van der Waals surface area contributed by atoms with Crippen LogP contribution in [0.2, 0.25) is 0 Å². The van der Waals surface area contributed by atoms with Crippen LogP contribution in [0, 0.1) is 0 Å². The summed E-state index contributed by atoms with van der Waals surface area (Å²) in [5.74, 6) is 1.01. The van der Waals surface area contributed by atoms with Crippen LogP contribution >= 0.6 is 0 Å². The summed E-state index contributed by atoms with van der Waals surface area (Å²) in [6.07, 6.45) is -0.607. The van der Waals surface area contributed by atoms with Crippen LogP contribution in [-0.4, -0.2) is 255 Å². The zero-order valence-electron chi connectivity index (χ0n) is 34.4. The van der Waals surface area contributed by atoms with Gasteiger partial charge in [-0.25, -0.2) is 0 Å². The van der Waals surface area contributed by atoms with Gasteiger partial charge < -0.3 is 76.1 Å². The Hall–Kier alpha value is -2.15. The number of nitrogens with one attached hydrogen (secondary N) is 1. The highest BCUT2D eigenvalue weighted by Gasteiger charge is 2.29. The highest BCUT2D eigenvalue weighted by Crippen LogP contribution is 2.22. The highest BCUT2D eigenvalue weighted by atomic mass is 16.3. The van der Waals surface area contributed by atoms with Gasteiger partial charge >= 0.3 is 0 Å². The number of hydrogen-bond donors (Lipinski definition) is 13. The fourth-order valence-electron chi connectivity index (χ4n) is 6.33. The summed E-state index contributed by atoms with van der Waals surface area (Å²) in [6.45, 7) is 9.52. The van der Waals surface area contributed by atoms with Crippen LogP contribution in [-0.2, 0) is 0 Å². The summed E-state index contributed by atoms with van der Waals surface area (Å²) < 4.78 is 0. The molecule has 0 amide bonds. The summed E-state index contributed by atoms with van der Waals surface area (Å²) in [5, 5.41) is 43.4. The van der Waals surface area contributed by atoms with Gasteiger partial charge in [0.1, 0.15) is 6.17 Å². The van der Waals surface area contributed by atoms with Gasteiger partial charge in [0.2, 0.25) is 11.9 Å². The molecule has 0 fully saturated rings. The number of aliphatic hydroxyl groups excluding tert-OH is 4. The molecule has 1 heterocycles. The lowest BCUT2D eigenvalue weighted by Gasteiger charge is -2.37. The fourth-order valence-corrected chi connectivity index (χ4v) is 6.33. The van der Waals surface area contributed by atoms with Crippen LogP contribution in [0.15, 0.2) is 0 Å². The average Bonchev–Trinajstić information content (AvgIpc) is 3.18. The molecule has 0 spiro atoms. The molecule has 0 aliphatic rings. The predicted molar refractivity (Wildman–Crippen MR) is 225 cm³/mol. The molecule has 57 heavy (non-hydrogen) atoms. The molecule has 1 rings (SSSR count). The van der Waals surface area contributed by atoms with Crippen molar-refractivity contribution in [2.45, 2.75) is 6.17 Å². The minimum absolute atomic E-state index is 0.149. The zero-order valence-corrected chi connectivity index (χ0v) is 34.4. The lowest BCUT2D eigenvalue weighted by Crippen LogP contribution is -2.51. The van der Waals surface area contributed by atoms with E-state index in [0.29, 0.717) is 136 Å². The van der Waals surface area contributed by atoms with Crippen molar-refractivity contribution < 1.29 is 20.4 Å². The van der Waals surface area contributed by atoms with Crippen LogP contribution in [0.3, 0.4) is 0 Å². The second kappa shape index (κ2) is 33.7. The summed E-state index contributed by atoms with van der Waals surface area (Å²) >= 11 is 0. The van der Waals surface area contributed by atoms with Crippen molar-refractivity contribution in [2.75, 3.05) is 200 Å². The van der Waals surface area contributed by atoms with E-state index in [1.165, 1.54) is 0 Å². The van der Waals surface area contributed by atoms with Gasteiger partial charge in [-0.3, -0.25) is 34.7 Å². The Kier molecular flexibility index (Phi) is 31.2. The normalized spacial score (nSPS) is 12.7. The maximum atomic E-state index is 9.95. The zero-order chi connectivity index (χ0) is 42.3. The van der Waals surface area contributed by atoms with Crippen molar-refractivity contribution in [1.82, 2.24) is 49.7 Å². The standard InChI is InChI=1S/C33H80N20O4/c34-1-9-46(10-2-35)25-42-31(51(15-7-40)16-8-41)30-43-32(52(26-47(11-3-36)12-4-37)27-48(13-5-38)14-6-39)45-33(44-30)53(28-49(17-21-54)18-22-55)29-50(19-23-56)20-24-57/h31,42,54-57H,1-29,34-41H2. The Morgan fingerprint density at radius 1 is 0.404 bits per heavy atom. The molecule has 1 aromatic heterocycles. The van der Waals surface area contributed by atoms with E-state index in [2.05, 4.69) is 24.9 Å². The van der Waals surface area contributed by atoms with E-state index in [1.807, 2.05) is 19.6 Å². The lowest BCUT2D eigenvalue weighted by molar-refractivity contribution is 0.133. The fraction of sp³-hybridized carbons (Fsp3) is 0.909. The van der Waals surface area contributed by atoms with Crippen LogP contribution in [0.1, 0.15) is 12.0 Å². The first-order valence-corrected chi connectivity index (χ1v) is 20.1. The molecule has 24 nitrogen and oxygen atoms in total. The van der Waals surface area contributed by atoms with E-state index in [4.69, 9.17) is 60.8 Å². The largest absolute Gasteiger partial charge is 0.395 e. The third-order valence-corrected chi connectivity index (χ3v) is 8.97. The SMILES string of the molecule is NCCN(CCN)CNC(c1nc(N(CN(CCN)CCN)CN(CCN)CCN)nc(N(CN(CCO)CCO)CN(CCO)CCO)n1)N(CCN)CCN. The maximum Gasteiger partial charge on any atom is 0.232 e.